The van der Waals surface area contributed by atoms with Crippen LogP contribution >= 0.6 is 11.8 Å². The van der Waals surface area contributed by atoms with E-state index in [0.29, 0.717) is 23.3 Å². The summed E-state index contributed by atoms with van der Waals surface area (Å²) in [5.41, 5.74) is 5.54. The molecule has 7 heteroatoms. The number of nitrogens with two attached hydrogens (primary N) is 1. The Bertz CT molecular complexity index is 329. The van der Waals surface area contributed by atoms with Gasteiger partial charge in [0.15, 0.2) is 0 Å². The van der Waals surface area contributed by atoms with Gasteiger partial charge in [-0.05, 0) is 0 Å². The molecule has 0 radical (unpaired) electrons. The van der Waals surface area contributed by atoms with Crippen LogP contribution in [0.5, 0.6) is 0 Å². The molecule has 0 aromatic carbocycles. The summed E-state index contributed by atoms with van der Waals surface area (Å²) in [7, 11) is 1.31. The highest BCUT2D eigenvalue weighted by Crippen LogP contribution is 2.11. The summed E-state index contributed by atoms with van der Waals surface area (Å²) >= 11 is 1.45. The minimum atomic E-state index is -0.607. The molecule has 0 aliphatic heterocycles. The first-order valence-corrected chi connectivity index (χ1v) is 5.49. The zero-order chi connectivity index (χ0) is 11.3. The molecule has 0 fully saturated rings. The largest absolute Gasteiger partial charge is 0.468 e. The molecule has 15 heavy (non-hydrogen) atoms. The van der Waals surface area contributed by atoms with Gasteiger partial charge < -0.3 is 14.9 Å². The van der Waals surface area contributed by atoms with E-state index in [2.05, 4.69) is 14.9 Å². The van der Waals surface area contributed by atoms with Crippen molar-refractivity contribution in [3.8, 4) is 0 Å². The number of aromatic nitrogens is 2. The normalized spacial score (nSPS) is 12.5. The van der Waals surface area contributed by atoms with E-state index in [1.165, 1.54) is 18.9 Å². The number of hydrogen-bond donors (Lipinski definition) is 1. The number of thioether (sulfide) groups is 1. The van der Waals surface area contributed by atoms with Crippen LogP contribution in [0.15, 0.2) is 4.42 Å². The topological polar surface area (TPSA) is 91.2 Å². The van der Waals surface area contributed by atoms with Gasteiger partial charge in [0.05, 0.1) is 12.9 Å². The molecule has 1 unspecified atom stereocenters. The molecular weight excluding hydrogens is 218 g/mol. The fourth-order valence-electron chi connectivity index (χ4n) is 0.888. The summed E-state index contributed by atoms with van der Waals surface area (Å²) in [4.78, 5) is 10.9. The minimum Gasteiger partial charge on any atom is -0.468 e. The number of aryl methyl sites for hydroxylation is 1. The molecule has 1 atom stereocenters. The standard InChI is InChI=1S/C8H13N3O3S/c1-5-10-11-7(14-5)4-15-3-6(9)8(12)13-2/h6H,3-4,9H2,1-2H3. The maximum absolute atomic E-state index is 10.9. The van der Waals surface area contributed by atoms with E-state index < -0.39 is 12.0 Å². The predicted molar refractivity (Wildman–Crippen MR) is 55.2 cm³/mol. The van der Waals surface area contributed by atoms with E-state index in [4.69, 9.17) is 10.2 Å². The molecule has 0 saturated heterocycles. The molecule has 0 saturated carbocycles. The van der Waals surface area contributed by atoms with E-state index in [-0.39, 0.29) is 0 Å². The van der Waals surface area contributed by atoms with Crippen molar-refractivity contribution in [2.45, 2.75) is 18.7 Å². The molecule has 0 aliphatic rings. The molecule has 1 aromatic rings. The second kappa shape index (κ2) is 5.72. The van der Waals surface area contributed by atoms with Crippen molar-refractivity contribution in [1.29, 1.82) is 0 Å². The average molecular weight is 231 g/mol. The third-order valence-electron chi connectivity index (χ3n) is 1.59. The lowest BCUT2D eigenvalue weighted by molar-refractivity contribution is -0.141. The molecule has 2 N–H and O–H groups in total. The highest BCUT2D eigenvalue weighted by Gasteiger charge is 2.13. The first-order chi connectivity index (χ1) is 7.13. The minimum absolute atomic E-state index is 0.413. The molecule has 1 heterocycles. The van der Waals surface area contributed by atoms with Crippen molar-refractivity contribution in [2.75, 3.05) is 12.9 Å². The molecule has 1 rings (SSSR count). The average Bonchev–Trinajstić information content (AvgIpc) is 2.63. The summed E-state index contributed by atoms with van der Waals surface area (Å²) in [6.45, 7) is 1.72. The molecule has 6 nitrogen and oxygen atoms in total. The lowest BCUT2D eigenvalue weighted by Crippen LogP contribution is -2.33. The van der Waals surface area contributed by atoms with Gasteiger partial charge in [0.2, 0.25) is 11.8 Å². The highest BCUT2D eigenvalue weighted by atomic mass is 32.2. The van der Waals surface area contributed by atoms with Crippen LogP contribution in [0, 0.1) is 6.92 Å². The zero-order valence-electron chi connectivity index (χ0n) is 8.60. The summed E-state index contributed by atoms with van der Waals surface area (Å²) in [6.07, 6.45) is 0. The van der Waals surface area contributed by atoms with Crippen molar-refractivity contribution in [3.63, 3.8) is 0 Å². The van der Waals surface area contributed by atoms with E-state index in [1.807, 2.05) is 0 Å². The van der Waals surface area contributed by atoms with Crippen LogP contribution in [0.2, 0.25) is 0 Å². The van der Waals surface area contributed by atoms with E-state index in [0.717, 1.165) is 0 Å². The van der Waals surface area contributed by atoms with Crippen LogP contribution in [0.1, 0.15) is 11.8 Å². The number of ether oxygens (including phenoxy) is 1. The van der Waals surface area contributed by atoms with Gasteiger partial charge in [-0.3, -0.25) is 4.79 Å². The first-order valence-electron chi connectivity index (χ1n) is 4.33. The van der Waals surface area contributed by atoms with Crippen molar-refractivity contribution in [2.24, 2.45) is 5.73 Å². The predicted octanol–water partition coefficient (Wildman–Crippen LogP) is 0.112. The van der Waals surface area contributed by atoms with Gasteiger partial charge in [-0.25, -0.2) is 0 Å². The fraction of sp³-hybridized carbons (Fsp3) is 0.625. The van der Waals surface area contributed by atoms with Crippen LogP contribution in [0.25, 0.3) is 0 Å². The maximum Gasteiger partial charge on any atom is 0.323 e. The van der Waals surface area contributed by atoms with Crippen LogP contribution in [0.3, 0.4) is 0 Å². The van der Waals surface area contributed by atoms with Gasteiger partial charge in [0, 0.05) is 12.7 Å². The molecule has 0 aliphatic carbocycles. The fourth-order valence-corrected chi connectivity index (χ4v) is 1.69. The second-order valence-corrected chi connectivity index (χ2v) is 3.89. The third kappa shape index (κ3) is 3.88. The van der Waals surface area contributed by atoms with Crippen molar-refractivity contribution in [3.05, 3.63) is 11.8 Å². The lowest BCUT2D eigenvalue weighted by Gasteiger charge is -2.06. The highest BCUT2D eigenvalue weighted by molar-refractivity contribution is 7.98. The second-order valence-electron chi connectivity index (χ2n) is 2.86. The molecule has 1 aromatic heterocycles. The van der Waals surface area contributed by atoms with Crippen LogP contribution in [0.4, 0.5) is 0 Å². The Hall–Kier alpha value is -1.08. The quantitative estimate of drug-likeness (QED) is 0.719. The number of methoxy groups -OCH3 is 1. The number of carbonyl (C=O) groups is 1. The Kier molecular flexibility index (Phi) is 4.57. The summed E-state index contributed by atoms with van der Waals surface area (Å²) in [6, 6.07) is -0.607. The first kappa shape index (κ1) is 12.0. The van der Waals surface area contributed by atoms with Crippen molar-refractivity contribution < 1.29 is 13.9 Å². The number of esters is 1. The maximum atomic E-state index is 10.9. The Balaban J connectivity index is 2.24. The Morgan fingerprint density at radius 3 is 2.93 bits per heavy atom. The monoisotopic (exact) mass is 231 g/mol. The van der Waals surface area contributed by atoms with Gasteiger partial charge in [0.1, 0.15) is 6.04 Å². The summed E-state index contributed by atoms with van der Waals surface area (Å²) in [5, 5.41) is 7.50. The van der Waals surface area contributed by atoms with Crippen LogP contribution in [-0.4, -0.2) is 35.1 Å². The van der Waals surface area contributed by atoms with Crippen LogP contribution in [-0.2, 0) is 15.3 Å². The Morgan fingerprint density at radius 2 is 2.40 bits per heavy atom. The number of carbonyl (C=O) groups excluding carboxylic acids is 1. The number of rotatable bonds is 5. The Morgan fingerprint density at radius 1 is 1.67 bits per heavy atom. The van der Waals surface area contributed by atoms with Crippen molar-refractivity contribution in [1.82, 2.24) is 10.2 Å². The molecule has 0 amide bonds. The van der Waals surface area contributed by atoms with Crippen LogP contribution < -0.4 is 5.73 Å². The SMILES string of the molecule is COC(=O)C(N)CSCc1nnc(C)o1. The van der Waals surface area contributed by atoms with Gasteiger partial charge in [-0.2, -0.15) is 0 Å². The number of hydrogen-bond acceptors (Lipinski definition) is 7. The smallest absolute Gasteiger partial charge is 0.323 e. The molecule has 0 spiro atoms. The van der Waals surface area contributed by atoms with Crippen molar-refractivity contribution >= 4 is 17.7 Å². The van der Waals surface area contributed by atoms with Gasteiger partial charge in [0.25, 0.3) is 0 Å². The Labute approximate surface area is 91.6 Å². The lowest BCUT2D eigenvalue weighted by atomic mass is 10.4. The van der Waals surface area contributed by atoms with Gasteiger partial charge in [-0.1, -0.05) is 0 Å². The third-order valence-corrected chi connectivity index (χ3v) is 2.64. The van der Waals surface area contributed by atoms with Gasteiger partial charge >= 0.3 is 5.97 Å². The van der Waals surface area contributed by atoms with Gasteiger partial charge in [-0.15, -0.1) is 22.0 Å². The number of nitrogens with zero attached hydrogens (tertiary/aromatic N) is 2. The summed E-state index contributed by atoms with van der Waals surface area (Å²) in [5.74, 6) is 1.67. The summed E-state index contributed by atoms with van der Waals surface area (Å²) < 4.78 is 9.64. The van der Waals surface area contributed by atoms with E-state index in [1.54, 1.807) is 6.92 Å². The zero-order valence-corrected chi connectivity index (χ0v) is 9.41. The molecular formula is C8H13N3O3S. The van der Waals surface area contributed by atoms with E-state index in [9.17, 15) is 4.79 Å². The van der Waals surface area contributed by atoms with E-state index >= 15 is 0 Å². The molecule has 0 bridgehead atoms. The molecule has 84 valence electrons.